The fraction of sp³-hybridized carbons (Fsp3) is 0.885. The molecule has 0 atom stereocenters. The van der Waals surface area contributed by atoms with Crippen LogP contribution in [0.15, 0.2) is 12.2 Å². The molecule has 0 rings (SSSR count). The predicted molar refractivity (Wildman–Crippen MR) is 137 cm³/mol. The van der Waals surface area contributed by atoms with E-state index in [1.807, 2.05) is 6.08 Å². The molecule has 0 unspecified atom stereocenters. The maximum Gasteiger partial charge on any atom is 0.264 e. The first-order valence-corrected chi connectivity index (χ1v) is 14.8. The Balaban J connectivity index is 3.38. The molecule has 0 heterocycles. The van der Waals surface area contributed by atoms with Gasteiger partial charge in [0.25, 0.3) is 10.1 Å². The van der Waals surface area contributed by atoms with Crippen LogP contribution >= 0.6 is 0 Å². The van der Waals surface area contributed by atoms with Crippen molar-refractivity contribution < 1.29 is 17.8 Å². The number of hydrogen-bond acceptors (Lipinski definition) is 3. The average Bonchev–Trinajstić information content (AvgIpc) is 2.74. The average molecular weight is 474 g/mol. The molecule has 0 fully saturated rings. The third-order valence-corrected chi connectivity index (χ3v) is 6.81. The van der Waals surface area contributed by atoms with Gasteiger partial charge in [0.1, 0.15) is 0 Å². The summed E-state index contributed by atoms with van der Waals surface area (Å²) in [6.07, 6.45) is 27.2. The summed E-state index contributed by atoms with van der Waals surface area (Å²) in [4.78, 5) is 13.6. The maximum atomic E-state index is 12.0. The number of rotatable bonds is 23. The zero-order valence-electron chi connectivity index (χ0n) is 21.0. The summed E-state index contributed by atoms with van der Waals surface area (Å²) >= 11 is 0. The van der Waals surface area contributed by atoms with Gasteiger partial charge in [0.15, 0.2) is 0 Å². The Morgan fingerprint density at radius 2 is 1.16 bits per heavy atom. The number of amides is 1. The minimum Gasteiger partial charge on any atom is -0.342 e. The molecule has 0 aliphatic rings. The highest BCUT2D eigenvalue weighted by Gasteiger charge is 2.07. The van der Waals surface area contributed by atoms with E-state index in [0.717, 1.165) is 12.8 Å². The van der Waals surface area contributed by atoms with E-state index in [2.05, 4.69) is 6.92 Å². The Morgan fingerprint density at radius 3 is 1.59 bits per heavy atom. The van der Waals surface area contributed by atoms with E-state index in [1.165, 1.54) is 96.3 Å². The van der Waals surface area contributed by atoms with E-state index in [4.69, 9.17) is 4.55 Å². The Kier molecular flexibility index (Phi) is 21.3. The SMILES string of the molecule is CCCCCCCCCCCCCCCCCC/C=C/C(=O)N(C)CCCCS(=O)(=O)O. The predicted octanol–water partition coefficient (Wildman–Crippen LogP) is 7.32. The van der Waals surface area contributed by atoms with Crippen LogP contribution in [0.25, 0.3) is 0 Å². The van der Waals surface area contributed by atoms with Crippen molar-refractivity contribution >= 4 is 16.0 Å². The highest BCUT2D eigenvalue weighted by Crippen LogP contribution is 2.14. The molecule has 0 saturated carbocycles. The highest BCUT2D eigenvalue weighted by molar-refractivity contribution is 7.85. The minimum absolute atomic E-state index is 0.0478. The lowest BCUT2D eigenvalue weighted by Crippen LogP contribution is -2.26. The summed E-state index contributed by atoms with van der Waals surface area (Å²) in [5, 5.41) is 0. The Labute approximate surface area is 199 Å². The van der Waals surface area contributed by atoms with Crippen LogP contribution < -0.4 is 0 Å². The Morgan fingerprint density at radius 1 is 0.719 bits per heavy atom. The van der Waals surface area contributed by atoms with Crippen LogP contribution in [0.3, 0.4) is 0 Å². The van der Waals surface area contributed by atoms with Crippen LogP contribution in [0.1, 0.15) is 129 Å². The first-order valence-electron chi connectivity index (χ1n) is 13.2. The van der Waals surface area contributed by atoms with Crippen LogP contribution in [0.2, 0.25) is 0 Å². The van der Waals surface area contributed by atoms with Crippen LogP contribution in [-0.2, 0) is 14.9 Å². The van der Waals surface area contributed by atoms with Crippen molar-refractivity contribution in [2.45, 2.75) is 129 Å². The summed E-state index contributed by atoms with van der Waals surface area (Å²) in [7, 11) is -2.18. The molecule has 0 aliphatic carbocycles. The summed E-state index contributed by atoms with van der Waals surface area (Å²) in [5.74, 6) is -0.294. The molecule has 0 aromatic carbocycles. The van der Waals surface area contributed by atoms with E-state index in [-0.39, 0.29) is 11.7 Å². The molecule has 0 saturated heterocycles. The van der Waals surface area contributed by atoms with Crippen molar-refractivity contribution in [2.75, 3.05) is 19.3 Å². The number of hydrogen-bond donors (Lipinski definition) is 1. The smallest absolute Gasteiger partial charge is 0.264 e. The number of unbranched alkanes of at least 4 members (excludes halogenated alkanes) is 17. The van der Waals surface area contributed by atoms with Gasteiger partial charge in [-0.25, -0.2) is 0 Å². The van der Waals surface area contributed by atoms with Crippen molar-refractivity contribution in [3.05, 3.63) is 12.2 Å². The van der Waals surface area contributed by atoms with Crippen molar-refractivity contribution in [3.63, 3.8) is 0 Å². The number of likely N-dealkylation sites (N-methyl/N-ethyl adjacent to an activating group) is 1. The normalized spacial score (nSPS) is 12.0. The van der Waals surface area contributed by atoms with Gasteiger partial charge < -0.3 is 4.90 Å². The van der Waals surface area contributed by atoms with Crippen molar-refractivity contribution in [3.8, 4) is 0 Å². The zero-order valence-corrected chi connectivity index (χ0v) is 21.8. The summed E-state index contributed by atoms with van der Waals surface area (Å²) in [6.45, 7) is 2.77. The molecular weight excluding hydrogens is 422 g/mol. The van der Waals surface area contributed by atoms with Gasteiger partial charge in [-0.2, -0.15) is 8.42 Å². The van der Waals surface area contributed by atoms with Crippen molar-refractivity contribution in [1.29, 1.82) is 0 Å². The second kappa shape index (κ2) is 21.9. The van der Waals surface area contributed by atoms with Crippen LogP contribution in [0, 0.1) is 0 Å². The Hall–Kier alpha value is -0.880. The van der Waals surface area contributed by atoms with Crippen molar-refractivity contribution in [2.24, 2.45) is 0 Å². The van der Waals surface area contributed by atoms with Crippen LogP contribution in [0.5, 0.6) is 0 Å². The molecular formula is C26H51NO4S. The highest BCUT2D eigenvalue weighted by atomic mass is 32.2. The van der Waals surface area contributed by atoms with Gasteiger partial charge in [0.05, 0.1) is 5.75 Å². The van der Waals surface area contributed by atoms with E-state index >= 15 is 0 Å². The second-order valence-corrected chi connectivity index (χ2v) is 10.8. The molecule has 1 amide bonds. The number of allylic oxidation sites excluding steroid dienone is 1. The second-order valence-electron chi connectivity index (χ2n) is 9.25. The molecule has 0 aliphatic heterocycles. The van der Waals surface area contributed by atoms with E-state index < -0.39 is 10.1 Å². The molecule has 5 nitrogen and oxygen atoms in total. The summed E-state index contributed by atoms with van der Waals surface area (Å²) in [6, 6.07) is 0. The minimum atomic E-state index is -3.90. The zero-order chi connectivity index (χ0) is 23.9. The van der Waals surface area contributed by atoms with Gasteiger partial charge in [0.2, 0.25) is 5.91 Å². The lowest BCUT2D eigenvalue weighted by atomic mass is 10.0. The van der Waals surface area contributed by atoms with Crippen LogP contribution in [0.4, 0.5) is 0 Å². The van der Waals surface area contributed by atoms with Crippen LogP contribution in [-0.4, -0.2) is 43.1 Å². The van der Waals surface area contributed by atoms with E-state index in [9.17, 15) is 13.2 Å². The molecule has 190 valence electrons. The molecule has 32 heavy (non-hydrogen) atoms. The molecule has 6 heteroatoms. The molecule has 0 aromatic heterocycles. The Bertz CT molecular complexity index is 560. The monoisotopic (exact) mass is 473 g/mol. The summed E-state index contributed by atoms with van der Waals surface area (Å²) < 4.78 is 30.0. The van der Waals surface area contributed by atoms with Gasteiger partial charge in [-0.3, -0.25) is 9.35 Å². The van der Waals surface area contributed by atoms with E-state index in [0.29, 0.717) is 19.4 Å². The van der Waals surface area contributed by atoms with Gasteiger partial charge >= 0.3 is 0 Å². The van der Waals surface area contributed by atoms with Crippen molar-refractivity contribution in [1.82, 2.24) is 4.90 Å². The van der Waals surface area contributed by atoms with Gasteiger partial charge in [-0.05, 0) is 31.8 Å². The van der Waals surface area contributed by atoms with Gasteiger partial charge in [-0.1, -0.05) is 109 Å². The molecule has 0 spiro atoms. The lowest BCUT2D eigenvalue weighted by molar-refractivity contribution is -0.124. The van der Waals surface area contributed by atoms with Gasteiger partial charge in [0, 0.05) is 13.6 Å². The first kappa shape index (κ1) is 31.1. The fourth-order valence-electron chi connectivity index (χ4n) is 3.87. The quantitative estimate of drug-likeness (QED) is 0.0958. The number of nitrogens with zero attached hydrogens (tertiary/aromatic N) is 1. The third-order valence-electron chi connectivity index (χ3n) is 6.01. The fourth-order valence-corrected chi connectivity index (χ4v) is 4.43. The van der Waals surface area contributed by atoms with E-state index in [1.54, 1.807) is 18.0 Å². The first-order chi connectivity index (χ1) is 15.4. The molecule has 1 N–H and O–H groups in total. The molecule has 0 aromatic rings. The van der Waals surface area contributed by atoms with Gasteiger partial charge in [-0.15, -0.1) is 0 Å². The maximum absolute atomic E-state index is 12.0. The lowest BCUT2D eigenvalue weighted by Gasteiger charge is -2.14. The number of carbonyl (C=O) groups is 1. The third kappa shape index (κ3) is 23.8. The standard InChI is InChI=1S/C26H51NO4S/c1-3-4-5-6-7-8-9-10-11-12-13-14-15-16-17-18-19-20-23-26(28)27(2)24-21-22-25-32(29,30)31/h20,23H,3-19,21-22,24-25H2,1-2H3,(H,29,30,31)/b23-20+. The summed E-state index contributed by atoms with van der Waals surface area (Å²) in [5.41, 5.74) is 0. The molecule has 0 bridgehead atoms. The molecule has 0 radical (unpaired) electrons. The largest absolute Gasteiger partial charge is 0.342 e. The topological polar surface area (TPSA) is 74.7 Å². The number of carbonyl (C=O) groups excluding carboxylic acids is 1.